The van der Waals surface area contributed by atoms with Gasteiger partial charge in [0.25, 0.3) is 5.91 Å². The summed E-state index contributed by atoms with van der Waals surface area (Å²) in [5.74, 6) is -1.05. The Kier molecular flexibility index (Phi) is 5.43. The van der Waals surface area contributed by atoms with E-state index in [1.165, 1.54) is 31.2 Å². The smallest absolute Gasteiger partial charge is 0.433 e. The fourth-order valence-corrected chi connectivity index (χ4v) is 2.00. The molecule has 1 heterocycles. The lowest BCUT2D eigenvalue weighted by Gasteiger charge is -2.14. The van der Waals surface area contributed by atoms with E-state index in [-0.39, 0.29) is 22.7 Å². The number of nitrogens with one attached hydrogen (secondary N) is 1. The molecule has 26 heavy (non-hydrogen) atoms. The van der Waals surface area contributed by atoms with Crippen molar-refractivity contribution in [2.75, 3.05) is 11.9 Å². The lowest BCUT2D eigenvalue weighted by molar-refractivity contribution is -0.153. The van der Waals surface area contributed by atoms with Crippen LogP contribution in [0.15, 0.2) is 36.4 Å². The number of hydrogen-bond donors (Lipinski definition) is 1. The number of nitrogens with zero attached hydrogens (tertiary/aromatic N) is 1. The maximum absolute atomic E-state index is 12.6. The van der Waals surface area contributed by atoms with Crippen molar-refractivity contribution in [3.63, 3.8) is 0 Å². The summed E-state index contributed by atoms with van der Waals surface area (Å²) in [7, 11) is 0. The largest absolute Gasteiger partial charge is 0.482 e. The SMILES string of the molecule is Cc1nc(C(F)(F)F)ccc1C(=O)Nc1ccccc1OCC(F)(F)F. The van der Waals surface area contributed by atoms with Crippen LogP contribution < -0.4 is 10.1 Å². The first-order valence-corrected chi connectivity index (χ1v) is 7.12. The number of anilines is 1. The maximum atomic E-state index is 12.6. The summed E-state index contributed by atoms with van der Waals surface area (Å²) in [5, 5.41) is 2.31. The van der Waals surface area contributed by atoms with Crippen molar-refractivity contribution < 1.29 is 35.9 Å². The van der Waals surface area contributed by atoms with Crippen molar-refractivity contribution >= 4 is 11.6 Å². The number of pyridine rings is 1. The second kappa shape index (κ2) is 7.22. The fraction of sp³-hybridized carbons (Fsp3) is 0.250. The van der Waals surface area contributed by atoms with Gasteiger partial charge in [0.2, 0.25) is 0 Å². The maximum Gasteiger partial charge on any atom is 0.433 e. The number of halogens is 6. The number of carbonyl (C=O) groups excluding carboxylic acids is 1. The normalized spacial score (nSPS) is 12.0. The van der Waals surface area contributed by atoms with Gasteiger partial charge in [0.05, 0.1) is 16.9 Å². The second-order valence-electron chi connectivity index (χ2n) is 5.18. The number of ether oxygens (including phenoxy) is 1. The molecule has 0 radical (unpaired) electrons. The van der Waals surface area contributed by atoms with Crippen molar-refractivity contribution in [2.24, 2.45) is 0 Å². The quantitative estimate of drug-likeness (QED) is 0.791. The molecule has 0 saturated carbocycles. The Morgan fingerprint density at radius 3 is 2.31 bits per heavy atom. The molecule has 2 rings (SSSR count). The van der Waals surface area contributed by atoms with Gasteiger partial charge in [0.1, 0.15) is 11.4 Å². The number of para-hydroxylation sites is 2. The average molecular weight is 378 g/mol. The van der Waals surface area contributed by atoms with E-state index in [0.717, 1.165) is 6.07 Å². The predicted octanol–water partition coefficient (Wildman–Crippen LogP) is 4.60. The Bertz CT molecular complexity index is 802. The van der Waals surface area contributed by atoms with E-state index in [0.29, 0.717) is 6.07 Å². The molecule has 0 spiro atoms. The molecule has 0 aliphatic carbocycles. The summed E-state index contributed by atoms with van der Waals surface area (Å²) >= 11 is 0. The van der Waals surface area contributed by atoms with E-state index in [1.54, 1.807) is 0 Å². The number of hydrogen-bond acceptors (Lipinski definition) is 3. The Morgan fingerprint density at radius 1 is 1.08 bits per heavy atom. The van der Waals surface area contributed by atoms with Crippen molar-refractivity contribution in [3.05, 3.63) is 53.3 Å². The third kappa shape index (κ3) is 5.11. The Balaban J connectivity index is 2.20. The Hall–Kier alpha value is -2.78. The zero-order valence-corrected chi connectivity index (χ0v) is 13.2. The van der Waals surface area contributed by atoms with Gasteiger partial charge in [-0.2, -0.15) is 26.3 Å². The molecule has 1 N–H and O–H groups in total. The van der Waals surface area contributed by atoms with Crippen LogP contribution in [0.25, 0.3) is 0 Å². The molecule has 1 aromatic carbocycles. The molecule has 1 aromatic heterocycles. The number of aryl methyl sites for hydroxylation is 1. The van der Waals surface area contributed by atoms with Crippen LogP contribution in [0.5, 0.6) is 5.75 Å². The molecular formula is C16H12F6N2O2. The zero-order valence-electron chi connectivity index (χ0n) is 13.2. The molecule has 0 aliphatic heterocycles. The number of rotatable bonds is 4. The summed E-state index contributed by atoms with van der Waals surface area (Å²) in [6.45, 7) is -0.336. The second-order valence-corrected chi connectivity index (χ2v) is 5.18. The zero-order chi connectivity index (χ0) is 19.5. The number of amides is 1. The van der Waals surface area contributed by atoms with Crippen LogP contribution in [0.3, 0.4) is 0 Å². The minimum absolute atomic E-state index is 0.0546. The third-order valence-electron chi connectivity index (χ3n) is 3.15. The summed E-state index contributed by atoms with van der Waals surface area (Å²) in [6, 6.07) is 6.98. The first-order chi connectivity index (χ1) is 12.0. The summed E-state index contributed by atoms with van der Waals surface area (Å²) in [5.41, 5.74) is -1.53. The predicted molar refractivity (Wildman–Crippen MR) is 79.9 cm³/mol. The van der Waals surface area contributed by atoms with Gasteiger partial charge in [-0.15, -0.1) is 0 Å². The van der Waals surface area contributed by atoms with Crippen LogP contribution in [-0.2, 0) is 6.18 Å². The molecule has 0 atom stereocenters. The van der Waals surface area contributed by atoms with Crippen molar-refractivity contribution in [2.45, 2.75) is 19.3 Å². The molecule has 10 heteroatoms. The molecule has 0 fully saturated rings. The van der Waals surface area contributed by atoms with Crippen LogP contribution in [0, 0.1) is 6.92 Å². The third-order valence-corrected chi connectivity index (χ3v) is 3.15. The minimum Gasteiger partial charge on any atom is -0.482 e. The highest BCUT2D eigenvalue weighted by Crippen LogP contribution is 2.29. The van der Waals surface area contributed by atoms with E-state index in [1.807, 2.05) is 0 Å². The van der Waals surface area contributed by atoms with Crippen molar-refractivity contribution in [1.29, 1.82) is 0 Å². The van der Waals surface area contributed by atoms with Crippen LogP contribution >= 0.6 is 0 Å². The van der Waals surface area contributed by atoms with Gasteiger partial charge in [0, 0.05) is 0 Å². The van der Waals surface area contributed by atoms with Gasteiger partial charge >= 0.3 is 12.4 Å². The molecule has 1 amide bonds. The lowest BCUT2D eigenvalue weighted by Crippen LogP contribution is -2.21. The Morgan fingerprint density at radius 2 is 1.73 bits per heavy atom. The molecule has 0 unspecified atom stereocenters. The first-order valence-electron chi connectivity index (χ1n) is 7.12. The highest BCUT2D eigenvalue weighted by molar-refractivity contribution is 6.05. The topological polar surface area (TPSA) is 51.2 Å². The number of benzene rings is 1. The standard InChI is InChI=1S/C16H12F6N2O2/c1-9-10(6-7-13(23-9)16(20,21)22)14(25)24-11-4-2-3-5-12(11)26-8-15(17,18)19/h2-7H,8H2,1H3,(H,24,25). The molecular weight excluding hydrogens is 366 g/mol. The van der Waals surface area contributed by atoms with E-state index in [2.05, 4.69) is 15.0 Å². The molecule has 0 aliphatic rings. The van der Waals surface area contributed by atoms with Crippen LogP contribution in [0.2, 0.25) is 0 Å². The number of alkyl halides is 6. The van der Waals surface area contributed by atoms with E-state index in [9.17, 15) is 31.1 Å². The van der Waals surface area contributed by atoms with Gasteiger partial charge < -0.3 is 10.1 Å². The van der Waals surface area contributed by atoms with E-state index in [4.69, 9.17) is 0 Å². The molecule has 0 bridgehead atoms. The van der Waals surface area contributed by atoms with Gasteiger partial charge in [-0.3, -0.25) is 4.79 Å². The number of carbonyl (C=O) groups is 1. The van der Waals surface area contributed by atoms with Crippen LogP contribution in [0.4, 0.5) is 32.0 Å². The van der Waals surface area contributed by atoms with E-state index >= 15 is 0 Å². The van der Waals surface area contributed by atoms with Gasteiger partial charge in [0.15, 0.2) is 6.61 Å². The highest BCUT2D eigenvalue weighted by Gasteiger charge is 2.33. The summed E-state index contributed by atoms with van der Waals surface area (Å²) < 4.78 is 79.3. The van der Waals surface area contributed by atoms with Gasteiger partial charge in [-0.25, -0.2) is 4.98 Å². The first kappa shape index (κ1) is 19.5. The van der Waals surface area contributed by atoms with E-state index < -0.39 is 30.6 Å². The summed E-state index contributed by atoms with van der Waals surface area (Å²) in [4.78, 5) is 15.6. The van der Waals surface area contributed by atoms with Gasteiger partial charge in [-0.05, 0) is 31.2 Å². The molecule has 140 valence electrons. The number of aromatic nitrogens is 1. The Labute approximate surface area is 143 Å². The average Bonchev–Trinajstić information content (AvgIpc) is 2.52. The monoisotopic (exact) mass is 378 g/mol. The van der Waals surface area contributed by atoms with Crippen LogP contribution in [-0.4, -0.2) is 23.7 Å². The highest BCUT2D eigenvalue weighted by atomic mass is 19.4. The van der Waals surface area contributed by atoms with Crippen molar-refractivity contribution in [1.82, 2.24) is 4.98 Å². The van der Waals surface area contributed by atoms with Gasteiger partial charge in [-0.1, -0.05) is 12.1 Å². The fourth-order valence-electron chi connectivity index (χ4n) is 2.00. The van der Waals surface area contributed by atoms with Crippen LogP contribution in [0.1, 0.15) is 21.7 Å². The summed E-state index contributed by atoms with van der Waals surface area (Å²) in [6.07, 6.45) is -9.22. The molecule has 0 saturated heterocycles. The minimum atomic E-state index is -4.65. The van der Waals surface area contributed by atoms with Crippen molar-refractivity contribution in [3.8, 4) is 5.75 Å². The molecule has 4 nitrogen and oxygen atoms in total. The molecule has 2 aromatic rings. The lowest BCUT2D eigenvalue weighted by atomic mass is 10.1.